The van der Waals surface area contributed by atoms with E-state index in [-0.39, 0.29) is 0 Å². The normalized spacial score (nSPS) is 34.7. The van der Waals surface area contributed by atoms with E-state index in [1.807, 2.05) is 0 Å². The smallest absolute Gasteiger partial charge is 0.375 e. The summed E-state index contributed by atoms with van der Waals surface area (Å²) in [5, 5.41) is 0. The van der Waals surface area contributed by atoms with Crippen LogP contribution in [0.25, 0.3) is 0 Å². The maximum atomic E-state index is 6.69. The van der Waals surface area contributed by atoms with Crippen molar-refractivity contribution in [1.82, 2.24) is 0 Å². The van der Waals surface area contributed by atoms with E-state index >= 15 is 0 Å². The summed E-state index contributed by atoms with van der Waals surface area (Å²) in [7, 11) is -12.4. The number of rotatable bonds is 3. The molecule has 3 nitrogen and oxygen atoms in total. The van der Waals surface area contributed by atoms with Crippen LogP contribution < -0.4 is 0 Å². The molecule has 0 bridgehead atoms. The Bertz CT molecular complexity index is 179. The van der Waals surface area contributed by atoms with Gasteiger partial charge in [-0.25, -0.2) is 0 Å². The van der Waals surface area contributed by atoms with Crippen LogP contribution in [0.5, 0.6) is 0 Å². The van der Waals surface area contributed by atoms with Crippen LogP contribution in [-0.2, 0) is 13.3 Å². The molecule has 0 aliphatic rings. The first kappa shape index (κ1) is 1.16. The van der Waals surface area contributed by atoms with E-state index in [0.717, 1.165) is 0 Å². The molecule has 1 radical (unpaired) electrons. The van der Waals surface area contributed by atoms with Gasteiger partial charge in [0, 0.05) is 21.1 Å². The molecule has 0 aliphatic heterocycles. The maximum Gasteiger partial charge on any atom is 0.576 e. The summed E-state index contributed by atoms with van der Waals surface area (Å²) in [5.74, 6) is 0. The standard InChI is InChI=1S/C3H9O3Si/c1-4-7(5-2)6-3/h1-3H3/i1D3,2D3,3D3. The summed E-state index contributed by atoms with van der Waals surface area (Å²) in [6.45, 7) is 0. The summed E-state index contributed by atoms with van der Waals surface area (Å²) in [6, 6.07) is 0. The lowest BCUT2D eigenvalue weighted by molar-refractivity contribution is 0.163. The first-order chi connectivity index (χ1) is 6.79. The molecule has 0 heterocycles. The highest BCUT2D eigenvalue weighted by Gasteiger charge is 2.09. The van der Waals surface area contributed by atoms with Crippen LogP contribution in [0.3, 0.4) is 0 Å². The van der Waals surface area contributed by atoms with Crippen molar-refractivity contribution in [3.05, 3.63) is 0 Å². The van der Waals surface area contributed by atoms with E-state index in [2.05, 4.69) is 13.3 Å². The molecule has 0 aliphatic carbocycles. The Balaban J connectivity index is 4.53. The van der Waals surface area contributed by atoms with Gasteiger partial charge in [-0.1, -0.05) is 0 Å². The van der Waals surface area contributed by atoms with Crippen LogP contribution in [0.1, 0.15) is 12.3 Å². The average molecular weight is 130 g/mol. The van der Waals surface area contributed by atoms with Crippen molar-refractivity contribution in [2.75, 3.05) is 21.1 Å². The Labute approximate surface area is 57.8 Å². The van der Waals surface area contributed by atoms with Crippen molar-refractivity contribution in [2.45, 2.75) is 0 Å². The van der Waals surface area contributed by atoms with E-state index in [4.69, 9.17) is 12.3 Å². The molecule has 0 saturated carbocycles. The van der Waals surface area contributed by atoms with E-state index in [1.165, 1.54) is 0 Å². The second kappa shape index (κ2) is 4.26. The molecule has 4 heteroatoms. The fourth-order valence-corrected chi connectivity index (χ4v) is 0.188. The molecule has 0 spiro atoms. The van der Waals surface area contributed by atoms with Crippen molar-refractivity contribution >= 4 is 9.53 Å². The summed E-state index contributed by atoms with van der Waals surface area (Å²) in [4.78, 5) is 0. The highest BCUT2D eigenvalue weighted by molar-refractivity contribution is 6.36. The van der Waals surface area contributed by atoms with Crippen LogP contribution in [-0.4, -0.2) is 30.6 Å². The molecule has 0 saturated heterocycles. The summed E-state index contributed by atoms with van der Waals surface area (Å²) in [6.07, 6.45) is 0. The first-order valence-electron chi connectivity index (χ1n) is 5.72. The van der Waals surface area contributed by atoms with Gasteiger partial charge in [0.1, 0.15) is 0 Å². The van der Waals surface area contributed by atoms with E-state index in [0.29, 0.717) is 0 Å². The third kappa shape index (κ3) is 2.75. The van der Waals surface area contributed by atoms with E-state index < -0.39 is 30.6 Å². The van der Waals surface area contributed by atoms with Gasteiger partial charge in [-0.15, -0.1) is 0 Å². The van der Waals surface area contributed by atoms with Crippen LogP contribution in [0.4, 0.5) is 0 Å². The van der Waals surface area contributed by atoms with Gasteiger partial charge in [-0.2, -0.15) is 0 Å². The van der Waals surface area contributed by atoms with Gasteiger partial charge >= 0.3 is 9.53 Å². The van der Waals surface area contributed by atoms with Gasteiger partial charge in [0.15, 0.2) is 0 Å². The minimum Gasteiger partial charge on any atom is -0.375 e. The molecule has 0 amide bonds. The van der Waals surface area contributed by atoms with Crippen molar-refractivity contribution in [3.63, 3.8) is 0 Å². The fraction of sp³-hybridized carbons (Fsp3) is 1.00. The first-order valence-corrected chi connectivity index (χ1v) is 2.45. The van der Waals surface area contributed by atoms with Crippen LogP contribution in [0, 0.1) is 0 Å². The summed E-state index contributed by atoms with van der Waals surface area (Å²) in [5.41, 5.74) is 0. The lowest BCUT2D eigenvalue weighted by Crippen LogP contribution is -2.21. The highest BCUT2D eigenvalue weighted by atomic mass is 28.3. The number of hydrogen-bond donors (Lipinski definition) is 0. The predicted octanol–water partition coefficient (Wildman–Crippen LogP) is -0.0895. The Morgan fingerprint density at radius 1 is 1.14 bits per heavy atom. The topological polar surface area (TPSA) is 27.7 Å². The highest BCUT2D eigenvalue weighted by Crippen LogP contribution is 1.81. The number of hydrogen-bond acceptors (Lipinski definition) is 3. The molecule has 7 heavy (non-hydrogen) atoms. The van der Waals surface area contributed by atoms with Crippen LogP contribution in [0.15, 0.2) is 0 Å². The molecule has 0 aromatic carbocycles. The van der Waals surface area contributed by atoms with Gasteiger partial charge in [0.25, 0.3) is 0 Å². The third-order valence-corrected chi connectivity index (χ3v) is 0.750. The summed E-state index contributed by atoms with van der Waals surface area (Å²) >= 11 is 0. The van der Waals surface area contributed by atoms with Crippen LogP contribution in [0.2, 0.25) is 0 Å². The second-order valence-corrected chi connectivity index (χ2v) is 1.67. The van der Waals surface area contributed by atoms with Gasteiger partial charge in [-0.3, -0.25) is 0 Å². The molecular weight excluding hydrogens is 112 g/mol. The van der Waals surface area contributed by atoms with Gasteiger partial charge < -0.3 is 13.3 Å². The SMILES string of the molecule is [2H]C([2H])([2H])O[Si](OC([2H])([2H])[2H])OC([2H])([2H])[2H]. The average Bonchev–Trinajstić information content (AvgIpc) is 1.70. The molecule has 0 N–H and O–H groups in total. The Hall–Kier alpha value is 0.0969. The lowest BCUT2D eigenvalue weighted by atomic mass is 11.8. The van der Waals surface area contributed by atoms with Crippen molar-refractivity contribution in [1.29, 1.82) is 0 Å². The maximum absolute atomic E-state index is 6.69. The third-order valence-electron chi connectivity index (χ3n) is 0.250. The fourth-order valence-electron chi connectivity index (χ4n) is 0.0625. The molecule has 43 valence electrons. The second-order valence-electron chi connectivity index (χ2n) is 0.556. The quantitative estimate of drug-likeness (QED) is 0.500. The van der Waals surface area contributed by atoms with Crippen LogP contribution >= 0.6 is 0 Å². The molecule has 0 unspecified atom stereocenters. The minimum absolute atomic E-state index is 3.00. The zero-order chi connectivity index (χ0) is 13.2. The zero-order valence-corrected chi connectivity index (χ0v) is 4.22. The largest absolute Gasteiger partial charge is 0.576 e. The predicted molar refractivity (Wildman–Crippen MR) is 26.8 cm³/mol. The van der Waals surface area contributed by atoms with E-state index in [9.17, 15) is 0 Å². The van der Waals surface area contributed by atoms with Crippen molar-refractivity contribution in [2.24, 2.45) is 0 Å². The Morgan fingerprint density at radius 3 is 1.86 bits per heavy atom. The lowest BCUT2D eigenvalue weighted by Gasteiger charge is -2.02. The summed E-state index contributed by atoms with van der Waals surface area (Å²) < 4.78 is 72.6. The Morgan fingerprint density at radius 2 is 1.57 bits per heavy atom. The monoisotopic (exact) mass is 130 g/mol. The van der Waals surface area contributed by atoms with Gasteiger partial charge in [-0.05, 0) is 0 Å². The zero-order valence-electron chi connectivity index (χ0n) is 12.2. The molecule has 0 atom stereocenters. The van der Waals surface area contributed by atoms with Crippen molar-refractivity contribution in [3.8, 4) is 0 Å². The van der Waals surface area contributed by atoms with E-state index in [1.54, 1.807) is 0 Å². The van der Waals surface area contributed by atoms with Gasteiger partial charge in [0.05, 0.1) is 12.3 Å². The molecular formula is C3H9O3Si. The Kier molecular flexibility index (Phi) is 0.705. The minimum atomic E-state index is -3.40. The van der Waals surface area contributed by atoms with Gasteiger partial charge in [0.2, 0.25) is 0 Å². The molecule has 0 fully saturated rings. The molecule has 0 rings (SSSR count). The molecule has 0 aromatic heterocycles. The molecule has 0 aromatic rings. The van der Waals surface area contributed by atoms with Crippen molar-refractivity contribution < 1.29 is 25.6 Å².